The molecule has 0 saturated carbocycles. The van der Waals surface area contributed by atoms with Crippen molar-refractivity contribution < 1.29 is 4.79 Å². The Morgan fingerprint density at radius 2 is 2.00 bits per heavy atom. The Hall–Kier alpha value is -1.54. The van der Waals surface area contributed by atoms with Crippen molar-refractivity contribution in [2.75, 3.05) is 0 Å². The van der Waals surface area contributed by atoms with Crippen molar-refractivity contribution in [1.29, 1.82) is 0 Å². The van der Waals surface area contributed by atoms with E-state index in [0.29, 0.717) is 6.42 Å². The Morgan fingerprint density at radius 3 is 2.79 bits per heavy atom. The number of Topliss-reactive ketones (excluding diaryl/α,β-unsaturated/α-hetero) is 1. The minimum absolute atomic E-state index is 0.266. The lowest BCUT2D eigenvalue weighted by Crippen LogP contribution is -2.13. The van der Waals surface area contributed by atoms with Crippen LogP contribution in [0.5, 0.6) is 0 Å². The summed E-state index contributed by atoms with van der Waals surface area (Å²) in [6.07, 6.45) is 2.57. The molecule has 0 bridgehead atoms. The summed E-state index contributed by atoms with van der Waals surface area (Å²) in [6.45, 7) is 4.07. The summed E-state index contributed by atoms with van der Waals surface area (Å²) in [5.74, 6) is 0.266. The van der Waals surface area contributed by atoms with Crippen LogP contribution in [0.1, 0.15) is 40.2 Å². The quantitative estimate of drug-likeness (QED) is 0.761. The van der Waals surface area contributed by atoms with Crippen molar-refractivity contribution in [1.82, 2.24) is 4.57 Å². The van der Waals surface area contributed by atoms with Gasteiger partial charge in [-0.15, -0.1) is 0 Å². The average Bonchev–Trinajstić information content (AvgIpc) is 2.71. The Kier molecular flexibility index (Phi) is 2.98. The standard InChI is InChI=1S/C16H16ClNO/c1-10-9-12-15(7-4-8-16(12)19)18(10)14-6-3-5-13(17)11(14)2/h3,5-6,9H,4,7-8H2,1-2H3. The predicted molar refractivity (Wildman–Crippen MR) is 77.5 cm³/mol. The molecule has 3 rings (SSSR count). The van der Waals surface area contributed by atoms with Gasteiger partial charge in [0.1, 0.15) is 0 Å². The number of hydrogen-bond acceptors (Lipinski definition) is 1. The number of nitrogens with zero attached hydrogens (tertiary/aromatic N) is 1. The number of halogens is 1. The summed E-state index contributed by atoms with van der Waals surface area (Å²) in [4.78, 5) is 12.0. The first-order valence-corrected chi connectivity index (χ1v) is 6.97. The zero-order valence-corrected chi connectivity index (χ0v) is 11.9. The fourth-order valence-electron chi connectivity index (χ4n) is 2.90. The van der Waals surface area contributed by atoms with E-state index in [4.69, 9.17) is 11.6 Å². The maximum Gasteiger partial charge on any atom is 0.164 e. The molecule has 0 atom stereocenters. The SMILES string of the molecule is Cc1c(Cl)cccc1-n1c(C)cc2c1CCCC2=O. The molecule has 0 amide bonds. The zero-order valence-electron chi connectivity index (χ0n) is 11.2. The highest BCUT2D eigenvalue weighted by molar-refractivity contribution is 6.31. The van der Waals surface area contributed by atoms with Gasteiger partial charge in [0.2, 0.25) is 0 Å². The topological polar surface area (TPSA) is 22.0 Å². The second-order valence-corrected chi connectivity index (χ2v) is 5.55. The Morgan fingerprint density at radius 1 is 1.21 bits per heavy atom. The molecule has 1 aromatic heterocycles. The summed E-state index contributed by atoms with van der Waals surface area (Å²) in [5.41, 5.74) is 5.28. The van der Waals surface area contributed by atoms with Gasteiger partial charge in [0.05, 0.1) is 0 Å². The average molecular weight is 274 g/mol. The van der Waals surface area contributed by atoms with Crippen molar-refractivity contribution in [3.05, 3.63) is 51.8 Å². The summed E-state index contributed by atoms with van der Waals surface area (Å²) in [5, 5.41) is 0.765. The van der Waals surface area contributed by atoms with Crippen LogP contribution in [0.4, 0.5) is 0 Å². The largest absolute Gasteiger partial charge is 0.317 e. The number of aryl methyl sites for hydroxylation is 1. The Labute approximate surface area is 118 Å². The Balaban J connectivity index is 2.26. The van der Waals surface area contributed by atoms with Gasteiger partial charge in [-0.1, -0.05) is 17.7 Å². The first-order valence-electron chi connectivity index (χ1n) is 6.59. The Bertz CT molecular complexity index is 670. The molecule has 0 spiro atoms. The van der Waals surface area contributed by atoms with Gasteiger partial charge in [0.25, 0.3) is 0 Å². The monoisotopic (exact) mass is 273 g/mol. The molecular formula is C16H16ClNO. The van der Waals surface area contributed by atoms with Crippen molar-refractivity contribution in [3.8, 4) is 5.69 Å². The normalized spacial score (nSPS) is 14.6. The van der Waals surface area contributed by atoms with Crippen molar-refractivity contribution in [3.63, 3.8) is 0 Å². The maximum absolute atomic E-state index is 12.0. The molecule has 0 N–H and O–H groups in total. The van der Waals surface area contributed by atoms with Crippen LogP contribution >= 0.6 is 11.6 Å². The lowest BCUT2D eigenvalue weighted by atomic mass is 9.96. The molecule has 1 heterocycles. The molecule has 1 aromatic carbocycles. The molecule has 0 aliphatic heterocycles. The summed E-state index contributed by atoms with van der Waals surface area (Å²) < 4.78 is 2.19. The van der Waals surface area contributed by atoms with E-state index in [-0.39, 0.29) is 5.78 Å². The number of rotatable bonds is 1. The molecule has 2 aromatic rings. The van der Waals surface area contributed by atoms with Gasteiger partial charge in [-0.3, -0.25) is 4.79 Å². The second-order valence-electron chi connectivity index (χ2n) is 5.14. The molecule has 0 saturated heterocycles. The number of ketones is 1. The van der Waals surface area contributed by atoms with Crippen LogP contribution < -0.4 is 0 Å². The van der Waals surface area contributed by atoms with Gasteiger partial charge in [0.15, 0.2) is 5.78 Å². The van der Waals surface area contributed by atoms with Crippen LogP contribution in [0.2, 0.25) is 5.02 Å². The first kappa shape index (κ1) is 12.5. The van der Waals surface area contributed by atoms with Gasteiger partial charge in [-0.25, -0.2) is 0 Å². The highest BCUT2D eigenvalue weighted by atomic mass is 35.5. The van der Waals surface area contributed by atoms with Crippen molar-refractivity contribution in [2.24, 2.45) is 0 Å². The fourth-order valence-corrected chi connectivity index (χ4v) is 3.07. The van der Waals surface area contributed by atoms with Gasteiger partial charge < -0.3 is 4.57 Å². The lowest BCUT2D eigenvalue weighted by molar-refractivity contribution is 0.0972. The number of carbonyl (C=O) groups excluding carboxylic acids is 1. The van der Waals surface area contributed by atoms with Gasteiger partial charge in [-0.2, -0.15) is 0 Å². The van der Waals surface area contributed by atoms with Crippen LogP contribution in [-0.2, 0) is 6.42 Å². The summed E-state index contributed by atoms with van der Waals surface area (Å²) >= 11 is 6.21. The molecule has 0 fully saturated rings. The van der Waals surface area contributed by atoms with E-state index in [1.807, 2.05) is 32.0 Å². The van der Waals surface area contributed by atoms with E-state index in [9.17, 15) is 4.79 Å². The van der Waals surface area contributed by atoms with Crippen molar-refractivity contribution in [2.45, 2.75) is 33.1 Å². The zero-order chi connectivity index (χ0) is 13.6. The minimum Gasteiger partial charge on any atom is -0.317 e. The smallest absolute Gasteiger partial charge is 0.164 e. The van der Waals surface area contributed by atoms with Crippen LogP contribution in [0.15, 0.2) is 24.3 Å². The van der Waals surface area contributed by atoms with E-state index >= 15 is 0 Å². The molecule has 1 aliphatic carbocycles. The second kappa shape index (κ2) is 4.53. The van der Waals surface area contributed by atoms with E-state index in [0.717, 1.165) is 46.1 Å². The third kappa shape index (κ3) is 1.91. The highest BCUT2D eigenvalue weighted by Gasteiger charge is 2.23. The van der Waals surface area contributed by atoms with E-state index in [2.05, 4.69) is 10.6 Å². The van der Waals surface area contributed by atoms with Crippen LogP contribution in [0, 0.1) is 13.8 Å². The summed E-state index contributed by atoms with van der Waals surface area (Å²) in [6, 6.07) is 7.93. The number of fused-ring (bicyclic) bond motifs is 1. The molecule has 3 heteroatoms. The highest BCUT2D eigenvalue weighted by Crippen LogP contribution is 2.31. The molecule has 19 heavy (non-hydrogen) atoms. The molecule has 0 unspecified atom stereocenters. The predicted octanol–water partition coefficient (Wildman–Crippen LogP) is 4.27. The van der Waals surface area contributed by atoms with Crippen LogP contribution in [-0.4, -0.2) is 10.4 Å². The first-order chi connectivity index (χ1) is 9.09. The number of aromatic nitrogens is 1. The minimum atomic E-state index is 0.266. The van der Waals surface area contributed by atoms with E-state index < -0.39 is 0 Å². The van der Waals surface area contributed by atoms with Crippen LogP contribution in [0.3, 0.4) is 0 Å². The number of hydrogen-bond donors (Lipinski definition) is 0. The summed E-state index contributed by atoms with van der Waals surface area (Å²) in [7, 11) is 0. The number of carbonyl (C=O) groups is 1. The third-order valence-electron chi connectivity index (χ3n) is 3.88. The van der Waals surface area contributed by atoms with E-state index in [1.165, 1.54) is 0 Å². The molecule has 0 radical (unpaired) electrons. The van der Waals surface area contributed by atoms with Crippen LogP contribution in [0.25, 0.3) is 5.69 Å². The number of benzene rings is 1. The molecule has 1 aliphatic rings. The van der Waals surface area contributed by atoms with Crippen molar-refractivity contribution >= 4 is 17.4 Å². The molecule has 98 valence electrons. The molecule has 2 nitrogen and oxygen atoms in total. The van der Waals surface area contributed by atoms with Gasteiger partial charge in [-0.05, 0) is 50.5 Å². The fraction of sp³-hybridized carbons (Fsp3) is 0.312. The van der Waals surface area contributed by atoms with Gasteiger partial charge >= 0.3 is 0 Å². The van der Waals surface area contributed by atoms with E-state index in [1.54, 1.807) is 0 Å². The maximum atomic E-state index is 12.0. The lowest BCUT2D eigenvalue weighted by Gasteiger charge is -2.18. The van der Waals surface area contributed by atoms with Gasteiger partial charge in [0, 0.05) is 34.1 Å². The molecular weight excluding hydrogens is 258 g/mol. The third-order valence-corrected chi connectivity index (χ3v) is 4.29.